The van der Waals surface area contributed by atoms with Gasteiger partial charge in [0.2, 0.25) is 0 Å². The van der Waals surface area contributed by atoms with Gasteiger partial charge in [-0.25, -0.2) is 0 Å². The van der Waals surface area contributed by atoms with E-state index in [-0.39, 0.29) is 0 Å². The average molecular weight is 264 g/mol. The minimum absolute atomic E-state index is 0.908. The van der Waals surface area contributed by atoms with Crippen molar-refractivity contribution in [3.05, 3.63) is 23.7 Å². The fourth-order valence-electron chi connectivity index (χ4n) is 2.93. The van der Waals surface area contributed by atoms with Gasteiger partial charge in [-0.3, -0.25) is 4.90 Å². The smallest absolute Gasteiger partial charge is 0.118 e. The summed E-state index contributed by atoms with van der Waals surface area (Å²) in [6, 6.07) is 2.20. The summed E-state index contributed by atoms with van der Waals surface area (Å²) in [6.07, 6.45) is 7.13. The minimum Gasteiger partial charge on any atom is -0.468 e. The lowest BCUT2D eigenvalue weighted by molar-refractivity contribution is 0.284. The molecular formula is C16H28N2O. The van der Waals surface area contributed by atoms with Crippen LogP contribution in [-0.4, -0.2) is 24.5 Å². The van der Waals surface area contributed by atoms with Crippen LogP contribution < -0.4 is 5.32 Å². The predicted molar refractivity (Wildman–Crippen MR) is 79.0 cm³/mol. The van der Waals surface area contributed by atoms with Crippen molar-refractivity contribution in [2.75, 3.05) is 19.6 Å². The van der Waals surface area contributed by atoms with Crippen molar-refractivity contribution in [3.63, 3.8) is 0 Å². The number of furan rings is 1. The Bertz CT molecular complexity index is 361. The van der Waals surface area contributed by atoms with Crippen LogP contribution in [0.3, 0.4) is 0 Å². The second-order valence-electron chi connectivity index (χ2n) is 5.78. The molecule has 1 atom stereocenters. The van der Waals surface area contributed by atoms with E-state index < -0.39 is 0 Å². The molecule has 1 aliphatic rings. The average Bonchev–Trinajstić information content (AvgIpc) is 3.01. The van der Waals surface area contributed by atoms with Crippen molar-refractivity contribution in [2.24, 2.45) is 5.92 Å². The standard InChI is InChI=1S/C16H28N2O/c1-3-5-14-6-8-18(11-14)12-16-9-15(13-19-16)10-17-7-4-2/h9,13-14,17H,3-8,10-12H2,1-2H3. The normalized spacial score (nSPS) is 20.2. The van der Waals surface area contributed by atoms with Gasteiger partial charge in [-0.1, -0.05) is 20.3 Å². The van der Waals surface area contributed by atoms with Gasteiger partial charge < -0.3 is 9.73 Å². The molecule has 3 nitrogen and oxygen atoms in total. The molecule has 1 fully saturated rings. The first-order valence-corrected chi connectivity index (χ1v) is 7.81. The molecule has 1 aliphatic heterocycles. The molecule has 0 amide bonds. The van der Waals surface area contributed by atoms with Gasteiger partial charge in [-0.15, -0.1) is 0 Å². The van der Waals surface area contributed by atoms with E-state index in [1.807, 2.05) is 6.26 Å². The maximum Gasteiger partial charge on any atom is 0.118 e. The van der Waals surface area contributed by atoms with E-state index in [9.17, 15) is 0 Å². The van der Waals surface area contributed by atoms with Crippen LogP contribution in [0.15, 0.2) is 16.7 Å². The third-order valence-corrected chi connectivity index (χ3v) is 3.91. The van der Waals surface area contributed by atoms with Gasteiger partial charge >= 0.3 is 0 Å². The summed E-state index contributed by atoms with van der Waals surface area (Å²) in [5, 5.41) is 3.41. The maximum absolute atomic E-state index is 5.67. The predicted octanol–water partition coefficient (Wildman–Crippen LogP) is 3.40. The highest BCUT2D eigenvalue weighted by atomic mass is 16.3. The largest absolute Gasteiger partial charge is 0.468 e. The molecule has 19 heavy (non-hydrogen) atoms. The second-order valence-corrected chi connectivity index (χ2v) is 5.78. The van der Waals surface area contributed by atoms with Crippen LogP contribution in [0.1, 0.15) is 50.9 Å². The summed E-state index contributed by atoms with van der Waals surface area (Å²) in [5.41, 5.74) is 1.27. The molecule has 1 unspecified atom stereocenters. The Balaban J connectivity index is 1.74. The van der Waals surface area contributed by atoms with Crippen LogP contribution in [0.4, 0.5) is 0 Å². The van der Waals surface area contributed by atoms with Crippen molar-refractivity contribution < 1.29 is 4.42 Å². The lowest BCUT2D eigenvalue weighted by Crippen LogP contribution is -2.19. The van der Waals surface area contributed by atoms with Crippen LogP contribution in [0.5, 0.6) is 0 Å². The molecule has 0 bridgehead atoms. The first-order chi connectivity index (χ1) is 9.31. The van der Waals surface area contributed by atoms with Crippen LogP contribution in [0, 0.1) is 5.92 Å². The zero-order valence-corrected chi connectivity index (χ0v) is 12.5. The zero-order chi connectivity index (χ0) is 13.5. The summed E-state index contributed by atoms with van der Waals surface area (Å²) in [4.78, 5) is 2.53. The Hall–Kier alpha value is -0.800. The van der Waals surface area contributed by atoms with E-state index in [2.05, 4.69) is 30.1 Å². The van der Waals surface area contributed by atoms with E-state index in [1.54, 1.807) is 0 Å². The molecule has 108 valence electrons. The lowest BCUT2D eigenvalue weighted by atomic mass is 10.0. The molecular weight excluding hydrogens is 236 g/mol. The van der Waals surface area contributed by atoms with E-state index in [0.717, 1.165) is 31.3 Å². The van der Waals surface area contributed by atoms with Gasteiger partial charge in [-0.2, -0.15) is 0 Å². The molecule has 0 radical (unpaired) electrons. The first-order valence-electron chi connectivity index (χ1n) is 7.81. The van der Waals surface area contributed by atoms with Crippen molar-refractivity contribution in [2.45, 2.75) is 52.6 Å². The Morgan fingerprint density at radius 3 is 3.05 bits per heavy atom. The molecule has 1 aromatic heterocycles. The highest BCUT2D eigenvalue weighted by Crippen LogP contribution is 2.23. The first kappa shape index (κ1) is 14.6. The number of hydrogen-bond acceptors (Lipinski definition) is 3. The van der Waals surface area contributed by atoms with Crippen molar-refractivity contribution in [1.29, 1.82) is 0 Å². The van der Waals surface area contributed by atoms with Crippen molar-refractivity contribution in [3.8, 4) is 0 Å². The SMILES string of the molecule is CCCNCc1coc(CN2CCC(CCC)C2)c1. The summed E-state index contributed by atoms with van der Waals surface area (Å²) in [5.74, 6) is 2.02. The minimum atomic E-state index is 0.908. The van der Waals surface area contributed by atoms with Crippen LogP contribution in [0.25, 0.3) is 0 Å². The second kappa shape index (κ2) is 7.71. The quantitative estimate of drug-likeness (QED) is 0.729. The molecule has 0 saturated carbocycles. The van der Waals surface area contributed by atoms with E-state index in [4.69, 9.17) is 4.42 Å². The highest BCUT2D eigenvalue weighted by molar-refractivity contribution is 5.12. The molecule has 1 N–H and O–H groups in total. The van der Waals surface area contributed by atoms with Crippen molar-refractivity contribution in [1.82, 2.24) is 10.2 Å². The number of rotatable bonds is 8. The zero-order valence-electron chi connectivity index (χ0n) is 12.5. The van der Waals surface area contributed by atoms with Gasteiger partial charge in [0.25, 0.3) is 0 Å². The van der Waals surface area contributed by atoms with Crippen molar-refractivity contribution >= 4 is 0 Å². The van der Waals surface area contributed by atoms with Gasteiger partial charge in [0.05, 0.1) is 12.8 Å². The monoisotopic (exact) mass is 264 g/mol. The molecule has 0 spiro atoms. The third kappa shape index (κ3) is 4.66. The topological polar surface area (TPSA) is 28.4 Å². The summed E-state index contributed by atoms with van der Waals surface area (Å²) in [7, 11) is 0. The lowest BCUT2D eigenvalue weighted by Gasteiger charge is -2.13. The summed E-state index contributed by atoms with van der Waals surface area (Å²) < 4.78 is 5.67. The Morgan fingerprint density at radius 1 is 1.37 bits per heavy atom. The van der Waals surface area contributed by atoms with E-state index in [0.29, 0.717) is 0 Å². The highest BCUT2D eigenvalue weighted by Gasteiger charge is 2.22. The molecule has 1 aromatic rings. The molecule has 0 aromatic carbocycles. The Labute approximate surface area is 117 Å². The number of hydrogen-bond donors (Lipinski definition) is 1. The van der Waals surface area contributed by atoms with Gasteiger partial charge in [0, 0.05) is 18.7 Å². The van der Waals surface area contributed by atoms with Crippen LogP contribution in [-0.2, 0) is 13.1 Å². The molecule has 2 rings (SSSR count). The third-order valence-electron chi connectivity index (χ3n) is 3.91. The Morgan fingerprint density at radius 2 is 2.26 bits per heavy atom. The van der Waals surface area contributed by atoms with Crippen LogP contribution >= 0.6 is 0 Å². The van der Waals surface area contributed by atoms with Gasteiger partial charge in [0.1, 0.15) is 5.76 Å². The number of likely N-dealkylation sites (tertiary alicyclic amines) is 1. The summed E-state index contributed by atoms with van der Waals surface area (Å²) >= 11 is 0. The molecule has 1 saturated heterocycles. The fraction of sp³-hybridized carbons (Fsp3) is 0.750. The van der Waals surface area contributed by atoms with E-state index in [1.165, 1.54) is 44.3 Å². The van der Waals surface area contributed by atoms with Gasteiger partial charge in [-0.05, 0) is 44.3 Å². The molecule has 3 heteroatoms. The van der Waals surface area contributed by atoms with E-state index >= 15 is 0 Å². The number of nitrogens with one attached hydrogen (secondary N) is 1. The van der Waals surface area contributed by atoms with Crippen LogP contribution in [0.2, 0.25) is 0 Å². The number of nitrogens with zero attached hydrogens (tertiary/aromatic N) is 1. The summed E-state index contributed by atoms with van der Waals surface area (Å²) in [6.45, 7) is 9.93. The maximum atomic E-state index is 5.67. The Kier molecular flexibility index (Phi) is 5.93. The molecule has 0 aliphatic carbocycles. The molecule has 2 heterocycles. The fourth-order valence-corrected chi connectivity index (χ4v) is 2.93. The van der Waals surface area contributed by atoms with Gasteiger partial charge in [0.15, 0.2) is 0 Å².